The molecule has 1 N–H and O–H groups in total. The second-order valence-electron chi connectivity index (χ2n) is 4.25. The number of nitrogens with zero attached hydrogens (tertiary/aromatic N) is 3. The van der Waals surface area contributed by atoms with Gasteiger partial charge in [0.2, 0.25) is 5.15 Å². The van der Waals surface area contributed by atoms with Crippen LogP contribution in [0.5, 0.6) is 0 Å². The van der Waals surface area contributed by atoms with Gasteiger partial charge in [-0.2, -0.15) is 0 Å². The lowest BCUT2D eigenvalue weighted by Crippen LogP contribution is -2.40. The second-order valence-corrected chi connectivity index (χ2v) is 4.61. The molecule has 0 bridgehead atoms. The number of rotatable bonds is 3. The summed E-state index contributed by atoms with van der Waals surface area (Å²) in [6.45, 7) is 0.243. The zero-order valence-corrected chi connectivity index (χ0v) is 10.9. The summed E-state index contributed by atoms with van der Waals surface area (Å²) in [7, 11) is 0. The van der Waals surface area contributed by atoms with E-state index in [9.17, 15) is 19.7 Å². The summed E-state index contributed by atoms with van der Waals surface area (Å²) in [5.41, 5.74) is -0.849. The van der Waals surface area contributed by atoms with Crippen LogP contribution in [0.3, 0.4) is 0 Å². The van der Waals surface area contributed by atoms with Crippen molar-refractivity contribution < 1.29 is 19.6 Å². The molecule has 1 saturated heterocycles. The normalized spacial score (nSPS) is 18.1. The van der Waals surface area contributed by atoms with Gasteiger partial charge in [-0.25, -0.2) is 9.78 Å². The van der Waals surface area contributed by atoms with E-state index in [1.807, 2.05) is 0 Å². The lowest BCUT2D eigenvalue weighted by molar-refractivity contribution is -0.385. The fourth-order valence-corrected chi connectivity index (χ4v) is 2.42. The van der Waals surface area contributed by atoms with Crippen LogP contribution in [-0.2, 0) is 4.79 Å². The summed E-state index contributed by atoms with van der Waals surface area (Å²) in [5, 5.41) is 19.6. The van der Waals surface area contributed by atoms with Gasteiger partial charge in [0.25, 0.3) is 5.91 Å². The van der Waals surface area contributed by atoms with E-state index < -0.39 is 33.7 Å². The maximum absolute atomic E-state index is 12.3. The zero-order chi connectivity index (χ0) is 14.9. The maximum atomic E-state index is 12.3. The summed E-state index contributed by atoms with van der Waals surface area (Å²) in [6, 6.07) is 0.206. The van der Waals surface area contributed by atoms with Crippen molar-refractivity contribution in [3.05, 3.63) is 33.1 Å². The predicted octanol–water partition coefficient (Wildman–Crippen LogP) is 1.33. The number of likely N-dealkylation sites (tertiary alicyclic amines) is 1. The summed E-state index contributed by atoms with van der Waals surface area (Å²) >= 11 is 5.63. The van der Waals surface area contributed by atoms with Crippen LogP contribution < -0.4 is 0 Å². The molecule has 1 aromatic heterocycles. The Morgan fingerprint density at radius 2 is 2.25 bits per heavy atom. The third-order valence-corrected chi connectivity index (χ3v) is 3.37. The molecule has 8 nitrogen and oxygen atoms in total. The molecule has 1 atom stereocenters. The molecular formula is C11H10ClN3O5. The summed E-state index contributed by atoms with van der Waals surface area (Å²) in [6.07, 6.45) is 2.04. The molecule has 1 fully saturated rings. The predicted molar refractivity (Wildman–Crippen MR) is 67.6 cm³/mol. The van der Waals surface area contributed by atoms with Gasteiger partial charge < -0.3 is 10.0 Å². The van der Waals surface area contributed by atoms with Gasteiger partial charge in [0.1, 0.15) is 11.6 Å². The standard InChI is InChI=1S/C11H10ClN3O5/c12-9-8(15(19)20)6(3-4-13-9)10(16)14-5-1-2-7(14)11(17)18/h3-4,7H,1-2,5H2,(H,17,18)/t7-/m1/s1. The van der Waals surface area contributed by atoms with Crippen LogP contribution in [0.1, 0.15) is 23.2 Å². The minimum atomic E-state index is -1.13. The first-order valence-electron chi connectivity index (χ1n) is 5.76. The van der Waals surface area contributed by atoms with Gasteiger partial charge in [0.05, 0.1) is 4.92 Å². The van der Waals surface area contributed by atoms with Crippen molar-refractivity contribution >= 4 is 29.2 Å². The molecule has 2 rings (SSSR count). The van der Waals surface area contributed by atoms with E-state index in [-0.39, 0.29) is 12.1 Å². The first-order chi connectivity index (χ1) is 9.43. The molecule has 1 amide bonds. The van der Waals surface area contributed by atoms with Crippen molar-refractivity contribution in [1.29, 1.82) is 0 Å². The number of carbonyl (C=O) groups excluding carboxylic acids is 1. The van der Waals surface area contributed by atoms with Crippen LogP contribution in [0.4, 0.5) is 5.69 Å². The first-order valence-corrected chi connectivity index (χ1v) is 6.14. The molecule has 0 aromatic carbocycles. The highest BCUT2D eigenvalue weighted by Crippen LogP contribution is 2.29. The van der Waals surface area contributed by atoms with Crippen LogP contribution in [0, 0.1) is 10.1 Å². The topological polar surface area (TPSA) is 114 Å². The number of hydrogen-bond donors (Lipinski definition) is 1. The number of halogens is 1. The molecule has 1 aromatic rings. The van der Waals surface area contributed by atoms with Crippen LogP contribution in [-0.4, -0.2) is 44.4 Å². The van der Waals surface area contributed by atoms with Crippen LogP contribution in [0.25, 0.3) is 0 Å². The highest BCUT2D eigenvalue weighted by atomic mass is 35.5. The summed E-state index contributed by atoms with van der Waals surface area (Å²) in [5.74, 6) is -1.84. The Balaban J connectivity index is 2.42. The number of aliphatic carboxylic acids is 1. The van der Waals surface area contributed by atoms with E-state index in [2.05, 4.69) is 4.98 Å². The third kappa shape index (κ3) is 2.42. The van der Waals surface area contributed by atoms with Crippen molar-refractivity contribution in [2.75, 3.05) is 6.54 Å². The van der Waals surface area contributed by atoms with E-state index >= 15 is 0 Å². The summed E-state index contributed by atoms with van der Waals surface area (Å²) in [4.78, 5) is 38.2. The van der Waals surface area contributed by atoms with E-state index in [0.29, 0.717) is 12.8 Å². The molecule has 2 heterocycles. The Kier molecular flexibility index (Phi) is 3.84. The van der Waals surface area contributed by atoms with Gasteiger partial charge in [0.15, 0.2) is 0 Å². The minimum absolute atomic E-state index is 0.243. The molecule has 1 aliphatic heterocycles. The Morgan fingerprint density at radius 3 is 2.85 bits per heavy atom. The van der Waals surface area contributed by atoms with Crippen molar-refractivity contribution in [2.45, 2.75) is 18.9 Å². The fraction of sp³-hybridized carbons (Fsp3) is 0.364. The average molecular weight is 300 g/mol. The molecule has 0 spiro atoms. The van der Waals surface area contributed by atoms with E-state index in [1.165, 1.54) is 12.3 Å². The third-order valence-electron chi connectivity index (χ3n) is 3.09. The number of carboxylic acids is 1. The van der Waals surface area contributed by atoms with Crippen LogP contribution >= 0.6 is 11.6 Å². The zero-order valence-electron chi connectivity index (χ0n) is 10.2. The number of carboxylic acid groups (broad SMARTS) is 1. The molecule has 0 saturated carbocycles. The fourth-order valence-electron chi connectivity index (χ4n) is 2.20. The smallest absolute Gasteiger partial charge is 0.326 e. The van der Waals surface area contributed by atoms with Gasteiger partial charge in [0, 0.05) is 12.7 Å². The highest BCUT2D eigenvalue weighted by Gasteiger charge is 2.37. The number of amides is 1. The van der Waals surface area contributed by atoms with Crippen molar-refractivity contribution in [2.24, 2.45) is 0 Å². The first kappa shape index (κ1) is 14.2. The Morgan fingerprint density at radius 1 is 1.55 bits per heavy atom. The van der Waals surface area contributed by atoms with Crippen molar-refractivity contribution in [3.8, 4) is 0 Å². The molecule has 0 radical (unpaired) electrons. The van der Waals surface area contributed by atoms with Crippen molar-refractivity contribution in [1.82, 2.24) is 9.88 Å². The molecule has 9 heteroatoms. The lowest BCUT2D eigenvalue weighted by atomic mass is 10.1. The maximum Gasteiger partial charge on any atom is 0.326 e. The minimum Gasteiger partial charge on any atom is -0.480 e. The van der Waals surface area contributed by atoms with E-state index in [0.717, 1.165) is 4.90 Å². The number of carbonyl (C=O) groups is 2. The Hall–Kier alpha value is -2.22. The van der Waals surface area contributed by atoms with Crippen LogP contribution in [0.2, 0.25) is 5.15 Å². The number of hydrogen-bond acceptors (Lipinski definition) is 5. The molecule has 1 aliphatic rings. The number of nitro groups is 1. The Labute approximate surface area is 118 Å². The van der Waals surface area contributed by atoms with Gasteiger partial charge in [-0.1, -0.05) is 11.6 Å². The van der Waals surface area contributed by atoms with Gasteiger partial charge in [-0.3, -0.25) is 14.9 Å². The number of pyridine rings is 1. The SMILES string of the molecule is O=C(O)[C@H]1CCCN1C(=O)c1ccnc(Cl)c1[N+](=O)[O-]. The van der Waals surface area contributed by atoms with Crippen molar-refractivity contribution in [3.63, 3.8) is 0 Å². The monoisotopic (exact) mass is 299 g/mol. The molecule has 20 heavy (non-hydrogen) atoms. The molecule has 106 valence electrons. The average Bonchev–Trinajstić information content (AvgIpc) is 2.86. The van der Waals surface area contributed by atoms with Gasteiger partial charge in [-0.05, 0) is 18.9 Å². The molecule has 0 unspecified atom stereocenters. The lowest BCUT2D eigenvalue weighted by Gasteiger charge is -2.21. The summed E-state index contributed by atoms with van der Waals surface area (Å²) < 4.78 is 0. The molecule has 0 aliphatic carbocycles. The molecular weight excluding hydrogens is 290 g/mol. The van der Waals surface area contributed by atoms with E-state index in [4.69, 9.17) is 16.7 Å². The number of aromatic nitrogens is 1. The second kappa shape index (κ2) is 5.41. The Bertz CT molecular complexity index is 591. The van der Waals surface area contributed by atoms with Crippen LogP contribution in [0.15, 0.2) is 12.3 Å². The largest absolute Gasteiger partial charge is 0.480 e. The van der Waals surface area contributed by atoms with E-state index in [1.54, 1.807) is 0 Å². The van der Waals surface area contributed by atoms with Gasteiger partial charge >= 0.3 is 11.7 Å². The quantitative estimate of drug-likeness (QED) is 0.511. The highest BCUT2D eigenvalue weighted by molar-refractivity contribution is 6.32. The van der Waals surface area contributed by atoms with Gasteiger partial charge in [-0.15, -0.1) is 0 Å².